The van der Waals surface area contributed by atoms with Gasteiger partial charge in [0.15, 0.2) is 0 Å². The number of hydrogen-bond donors (Lipinski definition) is 4. The number of anilines is 1. The smallest absolute Gasteiger partial charge is 0.305 e. The number of hydrazine groups is 1. The third-order valence-electron chi connectivity index (χ3n) is 3.42. The lowest BCUT2D eigenvalue weighted by Crippen LogP contribution is -2.50. The van der Waals surface area contributed by atoms with Gasteiger partial charge in [-0.1, -0.05) is 24.3 Å². The number of nitro benzene ring substituents is 1. The number of nitrogens with one attached hydrogen (secondary N) is 3. The molecule has 140 valence electrons. The Kier molecular flexibility index (Phi) is 6.55. The highest BCUT2D eigenvalue weighted by molar-refractivity contribution is 5.98. The Balaban J connectivity index is 2.05. The van der Waals surface area contributed by atoms with Crippen molar-refractivity contribution in [3.05, 3.63) is 70.3 Å². The molecule has 4 N–H and O–H groups in total. The number of carboxylic acid groups (broad SMARTS) is 1. The second-order valence-corrected chi connectivity index (χ2v) is 5.41. The third kappa shape index (κ3) is 5.90. The van der Waals surface area contributed by atoms with Crippen LogP contribution in [-0.2, 0) is 9.59 Å². The molecule has 0 aliphatic heterocycles. The average molecular weight is 372 g/mol. The minimum atomic E-state index is -1.30. The summed E-state index contributed by atoms with van der Waals surface area (Å²) in [5, 5.41) is 22.1. The first-order valence-electron chi connectivity index (χ1n) is 7.75. The highest BCUT2D eigenvalue weighted by atomic mass is 16.6. The quantitative estimate of drug-likeness (QED) is 0.403. The topological polar surface area (TPSA) is 151 Å². The van der Waals surface area contributed by atoms with Crippen molar-refractivity contribution in [1.29, 1.82) is 0 Å². The molecule has 27 heavy (non-hydrogen) atoms. The van der Waals surface area contributed by atoms with Gasteiger partial charge in [-0.15, -0.1) is 0 Å². The summed E-state index contributed by atoms with van der Waals surface area (Å²) in [7, 11) is 0. The number of nitrogens with zero attached hydrogens (tertiary/aromatic N) is 1. The largest absolute Gasteiger partial charge is 0.481 e. The number of rotatable bonds is 8. The lowest BCUT2D eigenvalue weighted by atomic mass is 10.2. The Morgan fingerprint density at radius 1 is 1.07 bits per heavy atom. The fourth-order valence-corrected chi connectivity index (χ4v) is 2.12. The van der Waals surface area contributed by atoms with Crippen molar-refractivity contribution in [2.45, 2.75) is 12.5 Å². The molecule has 0 aromatic heterocycles. The molecule has 0 bridgehead atoms. The molecule has 0 saturated heterocycles. The summed E-state index contributed by atoms with van der Waals surface area (Å²) in [5.41, 5.74) is 4.87. The molecule has 0 heterocycles. The molecule has 0 fully saturated rings. The maximum absolute atomic E-state index is 12.3. The number of hydrogen-bond acceptors (Lipinski definition) is 6. The number of benzene rings is 2. The van der Waals surface area contributed by atoms with E-state index >= 15 is 0 Å². The van der Waals surface area contributed by atoms with Crippen LogP contribution in [0.25, 0.3) is 0 Å². The Labute approximate surface area is 153 Å². The molecule has 2 aromatic carbocycles. The second kappa shape index (κ2) is 9.06. The number of nitro groups is 1. The standard InChI is InChI=1S/C17H16N4O6/c22-15(23)10-14(19-20-16(24)11-5-2-1-3-6-11)17(25)18-12-7-4-8-13(9-12)21(26)27/h1-9,14,19H,10H2,(H,18,25)(H,20,24)(H,22,23)/t14-/m1/s1. The Morgan fingerprint density at radius 3 is 2.41 bits per heavy atom. The Hall–Kier alpha value is -3.79. The van der Waals surface area contributed by atoms with E-state index in [1.807, 2.05) is 0 Å². The van der Waals surface area contributed by atoms with Crippen molar-refractivity contribution in [1.82, 2.24) is 10.9 Å². The number of carbonyl (C=O) groups is 3. The van der Waals surface area contributed by atoms with Crippen molar-refractivity contribution in [2.24, 2.45) is 0 Å². The minimum absolute atomic E-state index is 0.126. The van der Waals surface area contributed by atoms with E-state index in [1.165, 1.54) is 18.2 Å². The molecule has 10 nitrogen and oxygen atoms in total. The van der Waals surface area contributed by atoms with E-state index in [1.54, 1.807) is 30.3 Å². The number of non-ortho nitro benzene ring substituents is 1. The van der Waals surface area contributed by atoms with Crippen molar-refractivity contribution in [3.63, 3.8) is 0 Å². The highest BCUT2D eigenvalue weighted by Crippen LogP contribution is 2.17. The van der Waals surface area contributed by atoms with Gasteiger partial charge in [-0.05, 0) is 18.2 Å². The SMILES string of the molecule is O=C(O)C[C@@H](NNC(=O)c1ccccc1)C(=O)Nc1cccc([N+](=O)[O-])c1. The van der Waals surface area contributed by atoms with Crippen LogP contribution in [-0.4, -0.2) is 33.9 Å². The summed E-state index contributed by atoms with van der Waals surface area (Å²) < 4.78 is 0. The van der Waals surface area contributed by atoms with Crippen molar-refractivity contribution in [2.75, 3.05) is 5.32 Å². The van der Waals surface area contributed by atoms with Crippen LogP contribution < -0.4 is 16.2 Å². The minimum Gasteiger partial charge on any atom is -0.481 e. The molecule has 0 saturated carbocycles. The van der Waals surface area contributed by atoms with Crippen LogP contribution in [0.1, 0.15) is 16.8 Å². The van der Waals surface area contributed by atoms with E-state index in [4.69, 9.17) is 5.11 Å². The molecule has 0 radical (unpaired) electrons. The van der Waals surface area contributed by atoms with Gasteiger partial charge < -0.3 is 10.4 Å². The molecule has 0 aliphatic rings. The van der Waals surface area contributed by atoms with E-state index in [0.29, 0.717) is 5.56 Å². The van der Waals surface area contributed by atoms with Crippen LogP contribution in [0.2, 0.25) is 0 Å². The lowest BCUT2D eigenvalue weighted by molar-refractivity contribution is -0.384. The summed E-state index contributed by atoms with van der Waals surface area (Å²) in [6.45, 7) is 0. The number of carbonyl (C=O) groups excluding carboxylic acids is 2. The molecule has 0 unspecified atom stereocenters. The van der Waals surface area contributed by atoms with Gasteiger partial charge in [-0.3, -0.25) is 29.9 Å². The van der Waals surface area contributed by atoms with E-state index in [9.17, 15) is 24.5 Å². The Morgan fingerprint density at radius 2 is 1.78 bits per heavy atom. The lowest BCUT2D eigenvalue weighted by Gasteiger charge is -2.17. The highest BCUT2D eigenvalue weighted by Gasteiger charge is 2.23. The summed E-state index contributed by atoms with van der Waals surface area (Å²) in [5.74, 6) is -2.59. The summed E-state index contributed by atoms with van der Waals surface area (Å²) in [6.07, 6.45) is -0.615. The molecule has 0 spiro atoms. The van der Waals surface area contributed by atoms with Gasteiger partial charge in [0.2, 0.25) is 5.91 Å². The van der Waals surface area contributed by atoms with Gasteiger partial charge in [0, 0.05) is 23.4 Å². The summed E-state index contributed by atoms with van der Waals surface area (Å²) >= 11 is 0. The molecule has 2 amide bonds. The second-order valence-electron chi connectivity index (χ2n) is 5.41. The van der Waals surface area contributed by atoms with Crippen LogP contribution in [0.5, 0.6) is 0 Å². The normalized spacial score (nSPS) is 11.3. The van der Waals surface area contributed by atoms with Crippen LogP contribution in [0, 0.1) is 10.1 Å². The van der Waals surface area contributed by atoms with Crippen molar-refractivity contribution in [3.8, 4) is 0 Å². The monoisotopic (exact) mass is 372 g/mol. The maximum atomic E-state index is 12.3. The first-order valence-corrected chi connectivity index (χ1v) is 7.75. The van der Waals surface area contributed by atoms with Gasteiger partial charge >= 0.3 is 5.97 Å². The fraction of sp³-hybridized carbons (Fsp3) is 0.118. The van der Waals surface area contributed by atoms with Gasteiger partial charge in [0.25, 0.3) is 11.6 Å². The zero-order valence-electron chi connectivity index (χ0n) is 13.9. The maximum Gasteiger partial charge on any atom is 0.305 e. The van der Waals surface area contributed by atoms with E-state index in [-0.39, 0.29) is 11.4 Å². The molecule has 0 aliphatic carbocycles. The van der Waals surface area contributed by atoms with Gasteiger partial charge in [-0.25, -0.2) is 5.43 Å². The zero-order chi connectivity index (χ0) is 19.8. The van der Waals surface area contributed by atoms with E-state index < -0.39 is 35.2 Å². The first-order chi connectivity index (χ1) is 12.9. The molecular formula is C17H16N4O6. The van der Waals surface area contributed by atoms with Crippen LogP contribution in [0.4, 0.5) is 11.4 Å². The van der Waals surface area contributed by atoms with Crippen LogP contribution in [0.3, 0.4) is 0 Å². The summed E-state index contributed by atoms with van der Waals surface area (Å²) in [4.78, 5) is 45.5. The van der Waals surface area contributed by atoms with Crippen molar-refractivity contribution >= 4 is 29.2 Å². The average Bonchev–Trinajstić information content (AvgIpc) is 2.65. The number of amides is 2. The molecule has 2 rings (SSSR count). The number of carboxylic acids is 1. The predicted octanol–water partition coefficient (Wildman–Crippen LogP) is 1.31. The molecular weight excluding hydrogens is 356 g/mol. The Bertz CT molecular complexity index is 856. The number of aliphatic carboxylic acids is 1. The van der Waals surface area contributed by atoms with E-state index in [2.05, 4.69) is 16.2 Å². The van der Waals surface area contributed by atoms with Gasteiger partial charge in [0.1, 0.15) is 6.04 Å². The molecule has 2 aromatic rings. The molecule has 1 atom stereocenters. The molecule has 10 heteroatoms. The van der Waals surface area contributed by atoms with Crippen molar-refractivity contribution < 1.29 is 24.4 Å². The first kappa shape index (κ1) is 19.5. The summed E-state index contributed by atoms with van der Waals surface area (Å²) in [6, 6.07) is 12.0. The van der Waals surface area contributed by atoms with Gasteiger partial charge in [-0.2, -0.15) is 0 Å². The van der Waals surface area contributed by atoms with Gasteiger partial charge in [0.05, 0.1) is 11.3 Å². The van der Waals surface area contributed by atoms with Crippen LogP contribution >= 0.6 is 0 Å². The third-order valence-corrected chi connectivity index (χ3v) is 3.42. The predicted molar refractivity (Wildman–Crippen MR) is 94.8 cm³/mol. The van der Waals surface area contributed by atoms with Crippen LogP contribution in [0.15, 0.2) is 54.6 Å². The van der Waals surface area contributed by atoms with E-state index in [0.717, 1.165) is 6.07 Å². The zero-order valence-corrected chi connectivity index (χ0v) is 13.9. The fourth-order valence-electron chi connectivity index (χ4n) is 2.12.